The minimum Gasteiger partial charge on any atom is -0.401 e. The Morgan fingerprint density at radius 2 is 1.88 bits per heavy atom. The average molecular weight is 228 g/mol. The Kier molecular flexibility index (Phi) is 15.2. The van der Waals surface area contributed by atoms with Crippen molar-refractivity contribution in [1.29, 1.82) is 0 Å². The molecule has 0 heterocycles. The van der Waals surface area contributed by atoms with Crippen molar-refractivity contribution in [3.8, 4) is 0 Å². The molecular weight excluding hydrogens is 200 g/mol. The first-order chi connectivity index (χ1) is 7.70. The van der Waals surface area contributed by atoms with E-state index in [4.69, 9.17) is 17.3 Å². The summed E-state index contributed by atoms with van der Waals surface area (Å²) < 4.78 is 0. The second-order valence-electron chi connectivity index (χ2n) is 3.54. The van der Waals surface area contributed by atoms with Gasteiger partial charge in [0.1, 0.15) is 0 Å². The predicted molar refractivity (Wildman–Crippen MR) is 72.2 cm³/mol. The largest absolute Gasteiger partial charge is 0.401 e. The van der Waals surface area contributed by atoms with Gasteiger partial charge in [-0.2, -0.15) is 0 Å². The molecule has 4 heteroatoms. The standard InChI is InChI=1S/C10H24N4.C2H4/c1-2-3-4-5-6-10(12)9-14(13)8-7-11;1-2/h9H,2-8,11-13H2,1H3;1-2H2/b10-9-;. The van der Waals surface area contributed by atoms with Gasteiger partial charge in [-0.25, -0.2) is 5.84 Å². The maximum absolute atomic E-state index is 5.79. The molecule has 0 aromatic heterocycles. The Hall–Kier alpha value is -1.00. The van der Waals surface area contributed by atoms with Crippen molar-refractivity contribution in [2.24, 2.45) is 17.3 Å². The van der Waals surface area contributed by atoms with Crippen molar-refractivity contribution >= 4 is 0 Å². The van der Waals surface area contributed by atoms with Crippen molar-refractivity contribution in [3.63, 3.8) is 0 Å². The molecule has 0 radical (unpaired) electrons. The van der Waals surface area contributed by atoms with Gasteiger partial charge in [0.2, 0.25) is 0 Å². The second kappa shape index (κ2) is 14.0. The highest BCUT2D eigenvalue weighted by atomic mass is 15.4. The molecule has 16 heavy (non-hydrogen) atoms. The lowest BCUT2D eigenvalue weighted by molar-refractivity contribution is 0.398. The lowest BCUT2D eigenvalue weighted by atomic mass is 10.1. The minimum absolute atomic E-state index is 0.552. The summed E-state index contributed by atoms with van der Waals surface area (Å²) in [5.41, 5.74) is 12.0. The normalized spacial score (nSPS) is 10.6. The fourth-order valence-corrected chi connectivity index (χ4v) is 1.25. The topological polar surface area (TPSA) is 81.3 Å². The molecule has 0 atom stereocenters. The van der Waals surface area contributed by atoms with Crippen LogP contribution in [0.25, 0.3) is 0 Å². The molecule has 0 aromatic carbocycles. The lowest BCUT2D eigenvalue weighted by Crippen LogP contribution is -2.31. The summed E-state index contributed by atoms with van der Waals surface area (Å²) in [5, 5.41) is 1.55. The Labute approximate surface area is 100 Å². The highest BCUT2D eigenvalue weighted by molar-refractivity contribution is 4.94. The Morgan fingerprint density at radius 1 is 1.25 bits per heavy atom. The fourth-order valence-electron chi connectivity index (χ4n) is 1.25. The fraction of sp³-hybridized carbons (Fsp3) is 0.667. The number of nitrogens with two attached hydrogens (primary N) is 3. The van der Waals surface area contributed by atoms with Gasteiger partial charge in [-0.1, -0.05) is 26.2 Å². The predicted octanol–water partition coefficient (Wildman–Crippen LogP) is 1.69. The smallest absolute Gasteiger partial charge is 0.0458 e. The van der Waals surface area contributed by atoms with Crippen LogP contribution in [0, 0.1) is 0 Å². The van der Waals surface area contributed by atoms with Crippen LogP contribution in [0.5, 0.6) is 0 Å². The van der Waals surface area contributed by atoms with E-state index in [0.717, 1.165) is 18.5 Å². The highest BCUT2D eigenvalue weighted by Gasteiger charge is 1.95. The number of hydrazine groups is 1. The number of hydrogen-bond donors (Lipinski definition) is 3. The van der Waals surface area contributed by atoms with Crippen LogP contribution in [0.1, 0.15) is 39.0 Å². The zero-order valence-electron chi connectivity index (χ0n) is 10.6. The average Bonchev–Trinajstić information content (AvgIpc) is 2.27. The molecule has 0 spiro atoms. The summed E-state index contributed by atoms with van der Waals surface area (Å²) in [6, 6.07) is 0. The van der Waals surface area contributed by atoms with Crippen LogP contribution < -0.4 is 17.3 Å². The van der Waals surface area contributed by atoms with E-state index < -0.39 is 0 Å². The van der Waals surface area contributed by atoms with Crippen LogP contribution in [0.3, 0.4) is 0 Å². The van der Waals surface area contributed by atoms with Crippen LogP contribution in [0.4, 0.5) is 0 Å². The summed E-state index contributed by atoms with van der Waals surface area (Å²) in [6.07, 6.45) is 7.62. The van der Waals surface area contributed by atoms with Crippen LogP contribution in [0.15, 0.2) is 25.1 Å². The molecular formula is C12H28N4. The third kappa shape index (κ3) is 13.0. The van der Waals surface area contributed by atoms with Crippen LogP contribution >= 0.6 is 0 Å². The quantitative estimate of drug-likeness (QED) is 0.255. The van der Waals surface area contributed by atoms with E-state index in [2.05, 4.69) is 20.1 Å². The number of rotatable bonds is 8. The molecule has 0 saturated carbocycles. The molecule has 0 aliphatic heterocycles. The molecule has 0 aliphatic carbocycles. The number of hydrogen-bond acceptors (Lipinski definition) is 4. The monoisotopic (exact) mass is 228 g/mol. The summed E-state index contributed by atoms with van der Waals surface area (Å²) in [5.74, 6) is 5.61. The summed E-state index contributed by atoms with van der Waals surface area (Å²) in [4.78, 5) is 0. The molecule has 0 fully saturated rings. The van der Waals surface area contributed by atoms with Gasteiger partial charge < -0.3 is 16.5 Å². The number of nitrogens with zero attached hydrogens (tertiary/aromatic N) is 1. The van der Waals surface area contributed by atoms with Crippen molar-refractivity contribution in [1.82, 2.24) is 5.01 Å². The molecule has 0 aromatic rings. The van der Waals surface area contributed by atoms with E-state index in [1.54, 1.807) is 11.2 Å². The molecule has 0 bridgehead atoms. The van der Waals surface area contributed by atoms with E-state index in [1.807, 2.05) is 0 Å². The van der Waals surface area contributed by atoms with Crippen LogP contribution in [-0.4, -0.2) is 18.1 Å². The van der Waals surface area contributed by atoms with Crippen LogP contribution in [-0.2, 0) is 0 Å². The lowest BCUT2D eigenvalue weighted by Gasteiger charge is -2.13. The molecule has 0 aliphatic rings. The van der Waals surface area contributed by atoms with Crippen LogP contribution in [0.2, 0.25) is 0 Å². The van der Waals surface area contributed by atoms with Crippen molar-refractivity contribution in [2.75, 3.05) is 13.1 Å². The molecule has 0 saturated heterocycles. The zero-order valence-corrected chi connectivity index (χ0v) is 10.6. The summed E-state index contributed by atoms with van der Waals surface area (Å²) >= 11 is 0. The molecule has 0 amide bonds. The van der Waals surface area contributed by atoms with Gasteiger partial charge in [-0.15, -0.1) is 13.2 Å². The van der Waals surface area contributed by atoms with Gasteiger partial charge in [-0.05, 0) is 12.8 Å². The van der Waals surface area contributed by atoms with Gasteiger partial charge in [0.15, 0.2) is 0 Å². The summed E-state index contributed by atoms with van der Waals surface area (Å²) in [6.45, 7) is 9.40. The summed E-state index contributed by atoms with van der Waals surface area (Å²) in [7, 11) is 0. The van der Waals surface area contributed by atoms with Gasteiger partial charge >= 0.3 is 0 Å². The first kappa shape index (κ1) is 17.4. The van der Waals surface area contributed by atoms with Crippen molar-refractivity contribution in [3.05, 3.63) is 25.1 Å². The zero-order chi connectivity index (χ0) is 12.8. The molecule has 4 nitrogen and oxygen atoms in total. The Morgan fingerprint density at radius 3 is 2.38 bits per heavy atom. The third-order valence-corrected chi connectivity index (χ3v) is 2.04. The van der Waals surface area contributed by atoms with Gasteiger partial charge in [0.25, 0.3) is 0 Å². The van der Waals surface area contributed by atoms with E-state index >= 15 is 0 Å². The maximum atomic E-state index is 5.79. The highest BCUT2D eigenvalue weighted by Crippen LogP contribution is 2.06. The Bertz CT molecular complexity index is 168. The first-order valence-corrected chi connectivity index (χ1v) is 5.88. The maximum Gasteiger partial charge on any atom is 0.0458 e. The van der Waals surface area contributed by atoms with E-state index in [0.29, 0.717) is 13.1 Å². The number of allylic oxidation sites excluding steroid dienone is 1. The van der Waals surface area contributed by atoms with Gasteiger partial charge in [0.05, 0.1) is 0 Å². The first-order valence-electron chi connectivity index (χ1n) is 5.88. The molecule has 96 valence electrons. The third-order valence-electron chi connectivity index (χ3n) is 2.04. The van der Waals surface area contributed by atoms with E-state index in [-0.39, 0.29) is 0 Å². The van der Waals surface area contributed by atoms with E-state index in [9.17, 15) is 0 Å². The Balaban J connectivity index is 0. The SMILES string of the molecule is C=C.CCCCCC/C(N)=C/N(N)CCN. The number of unbranched alkanes of at least 4 members (excludes halogenated alkanes) is 3. The van der Waals surface area contributed by atoms with Crippen molar-refractivity contribution < 1.29 is 0 Å². The molecule has 0 rings (SSSR count). The van der Waals surface area contributed by atoms with E-state index in [1.165, 1.54) is 19.3 Å². The second-order valence-corrected chi connectivity index (χ2v) is 3.54. The van der Waals surface area contributed by atoms with Gasteiger partial charge in [-0.3, -0.25) is 0 Å². The molecule has 6 N–H and O–H groups in total. The van der Waals surface area contributed by atoms with Gasteiger partial charge in [0, 0.05) is 25.0 Å². The minimum atomic E-state index is 0.552. The van der Waals surface area contributed by atoms with Crippen molar-refractivity contribution in [2.45, 2.75) is 39.0 Å². The molecule has 0 unspecified atom stereocenters.